The lowest BCUT2D eigenvalue weighted by molar-refractivity contribution is 0.319. The SMILES string of the molecule is CCCOc1cccc(NCCc2ncc[nH]2)c1N. The van der Waals surface area contributed by atoms with Gasteiger partial charge < -0.3 is 20.8 Å². The van der Waals surface area contributed by atoms with Gasteiger partial charge in [0, 0.05) is 25.4 Å². The second-order valence-electron chi connectivity index (χ2n) is 4.28. The van der Waals surface area contributed by atoms with Crippen LogP contribution in [0.2, 0.25) is 0 Å². The van der Waals surface area contributed by atoms with E-state index in [-0.39, 0.29) is 0 Å². The Bertz CT molecular complexity index is 496. The molecule has 4 N–H and O–H groups in total. The molecule has 1 heterocycles. The fourth-order valence-corrected chi connectivity index (χ4v) is 1.79. The molecule has 0 atom stereocenters. The molecule has 0 saturated carbocycles. The average molecular weight is 260 g/mol. The first-order chi connectivity index (χ1) is 9.31. The molecule has 0 spiro atoms. The molecule has 5 heteroatoms. The minimum Gasteiger partial charge on any atom is -0.491 e. The van der Waals surface area contributed by atoms with E-state index >= 15 is 0 Å². The molecule has 102 valence electrons. The number of rotatable bonds is 7. The molecule has 19 heavy (non-hydrogen) atoms. The highest BCUT2D eigenvalue weighted by molar-refractivity contribution is 5.72. The van der Waals surface area contributed by atoms with Gasteiger partial charge in [0.15, 0.2) is 0 Å². The monoisotopic (exact) mass is 260 g/mol. The molecule has 0 bridgehead atoms. The van der Waals surface area contributed by atoms with Crippen molar-refractivity contribution in [2.75, 3.05) is 24.2 Å². The molecule has 0 aliphatic carbocycles. The van der Waals surface area contributed by atoms with Gasteiger partial charge in [-0.1, -0.05) is 13.0 Å². The molecule has 1 aromatic heterocycles. The van der Waals surface area contributed by atoms with E-state index < -0.39 is 0 Å². The second-order valence-corrected chi connectivity index (χ2v) is 4.28. The quantitative estimate of drug-likeness (QED) is 0.668. The summed E-state index contributed by atoms with van der Waals surface area (Å²) in [6, 6.07) is 5.79. The predicted molar refractivity (Wildman–Crippen MR) is 77.4 cm³/mol. The molecule has 0 saturated heterocycles. The van der Waals surface area contributed by atoms with E-state index in [1.54, 1.807) is 6.20 Å². The highest BCUT2D eigenvalue weighted by Gasteiger charge is 2.05. The Morgan fingerprint density at radius 1 is 1.42 bits per heavy atom. The zero-order valence-electron chi connectivity index (χ0n) is 11.1. The Hall–Kier alpha value is -2.17. The smallest absolute Gasteiger partial charge is 0.144 e. The van der Waals surface area contributed by atoms with E-state index in [0.29, 0.717) is 12.3 Å². The van der Waals surface area contributed by atoms with E-state index in [2.05, 4.69) is 22.2 Å². The van der Waals surface area contributed by atoms with E-state index in [0.717, 1.165) is 36.6 Å². The van der Waals surface area contributed by atoms with Crippen LogP contribution >= 0.6 is 0 Å². The number of para-hydroxylation sites is 1. The van der Waals surface area contributed by atoms with Gasteiger partial charge >= 0.3 is 0 Å². The van der Waals surface area contributed by atoms with Crippen molar-refractivity contribution in [1.29, 1.82) is 0 Å². The summed E-state index contributed by atoms with van der Waals surface area (Å²) < 4.78 is 5.60. The van der Waals surface area contributed by atoms with Crippen molar-refractivity contribution in [3.8, 4) is 5.75 Å². The summed E-state index contributed by atoms with van der Waals surface area (Å²) in [5, 5.41) is 3.30. The molecule has 0 aliphatic heterocycles. The van der Waals surface area contributed by atoms with Crippen molar-refractivity contribution in [2.24, 2.45) is 0 Å². The Labute approximate surface area is 113 Å². The Morgan fingerprint density at radius 3 is 3.05 bits per heavy atom. The first kappa shape index (κ1) is 13.3. The standard InChI is InChI=1S/C14H20N4O/c1-2-10-19-12-5-3-4-11(14(12)15)16-7-6-13-17-8-9-18-13/h3-5,8-9,16H,2,6-7,10,15H2,1H3,(H,17,18). The number of aromatic amines is 1. The number of imidazole rings is 1. The van der Waals surface area contributed by atoms with E-state index in [4.69, 9.17) is 10.5 Å². The van der Waals surface area contributed by atoms with Crippen LogP contribution < -0.4 is 15.8 Å². The maximum absolute atomic E-state index is 6.07. The van der Waals surface area contributed by atoms with Crippen molar-refractivity contribution in [2.45, 2.75) is 19.8 Å². The van der Waals surface area contributed by atoms with Crippen molar-refractivity contribution < 1.29 is 4.74 Å². The molecule has 0 fully saturated rings. The van der Waals surface area contributed by atoms with E-state index in [9.17, 15) is 0 Å². The van der Waals surface area contributed by atoms with Crippen LogP contribution in [0.5, 0.6) is 5.75 Å². The zero-order valence-corrected chi connectivity index (χ0v) is 11.1. The molecule has 5 nitrogen and oxygen atoms in total. The van der Waals surface area contributed by atoms with Crippen LogP contribution in [0.4, 0.5) is 11.4 Å². The van der Waals surface area contributed by atoms with Crippen LogP contribution in [0.3, 0.4) is 0 Å². The third kappa shape index (κ3) is 3.64. The lowest BCUT2D eigenvalue weighted by Crippen LogP contribution is -2.09. The number of nitrogen functional groups attached to an aromatic ring is 1. The Balaban J connectivity index is 1.92. The maximum atomic E-state index is 6.07. The van der Waals surface area contributed by atoms with Crippen LogP contribution in [0.15, 0.2) is 30.6 Å². The number of hydrogen-bond acceptors (Lipinski definition) is 4. The third-order valence-corrected chi connectivity index (χ3v) is 2.76. The minimum absolute atomic E-state index is 0.662. The lowest BCUT2D eigenvalue weighted by atomic mass is 10.2. The molecule has 0 radical (unpaired) electrons. The Kier molecular flexibility index (Phi) is 4.66. The van der Waals surface area contributed by atoms with Crippen LogP contribution in [-0.4, -0.2) is 23.1 Å². The van der Waals surface area contributed by atoms with Crippen LogP contribution in [0, 0.1) is 0 Å². The van der Waals surface area contributed by atoms with Crippen molar-refractivity contribution >= 4 is 11.4 Å². The van der Waals surface area contributed by atoms with Crippen LogP contribution in [-0.2, 0) is 6.42 Å². The highest BCUT2D eigenvalue weighted by atomic mass is 16.5. The van der Waals surface area contributed by atoms with E-state index in [1.165, 1.54) is 0 Å². The highest BCUT2D eigenvalue weighted by Crippen LogP contribution is 2.29. The van der Waals surface area contributed by atoms with Gasteiger partial charge in [-0.15, -0.1) is 0 Å². The molecular weight excluding hydrogens is 240 g/mol. The van der Waals surface area contributed by atoms with Gasteiger partial charge in [0.05, 0.1) is 18.0 Å². The van der Waals surface area contributed by atoms with Crippen molar-refractivity contribution in [1.82, 2.24) is 9.97 Å². The lowest BCUT2D eigenvalue weighted by Gasteiger charge is -2.13. The first-order valence-electron chi connectivity index (χ1n) is 6.54. The number of ether oxygens (including phenoxy) is 1. The van der Waals surface area contributed by atoms with Gasteiger partial charge in [-0.3, -0.25) is 0 Å². The maximum Gasteiger partial charge on any atom is 0.144 e. The molecular formula is C14H20N4O. The average Bonchev–Trinajstić information content (AvgIpc) is 2.92. The first-order valence-corrected chi connectivity index (χ1v) is 6.54. The number of anilines is 2. The second kappa shape index (κ2) is 6.68. The third-order valence-electron chi connectivity index (χ3n) is 2.76. The number of nitrogens with zero attached hydrogens (tertiary/aromatic N) is 1. The topological polar surface area (TPSA) is 76.0 Å². The number of nitrogens with two attached hydrogens (primary N) is 1. The van der Waals surface area contributed by atoms with Gasteiger partial charge in [-0.2, -0.15) is 0 Å². The summed E-state index contributed by atoms with van der Waals surface area (Å²) >= 11 is 0. The number of aromatic nitrogens is 2. The van der Waals surface area contributed by atoms with Gasteiger partial charge in [-0.05, 0) is 18.6 Å². The summed E-state index contributed by atoms with van der Waals surface area (Å²) in [7, 11) is 0. The largest absolute Gasteiger partial charge is 0.491 e. The molecule has 2 rings (SSSR count). The predicted octanol–water partition coefficient (Wildman–Crippen LogP) is 2.44. The summed E-state index contributed by atoms with van der Waals surface area (Å²) in [6.45, 7) is 3.52. The number of H-pyrrole nitrogens is 1. The van der Waals surface area contributed by atoms with Gasteiger partial charge in [0.1, 0.15) is 11.6 Å². The number of hydrogen-bond donors (Lipinski definition) is 3. The Morgan fingerprint density at radius 2 is 2.32 bits per heavy atom. The van der Waals surface area contributed by atoms with Crippen LogP contribution in [0.25, 0.3) is 0 Å². The van der Waals surface area contributed by atoms with Gasteiger partial charge in [0.25, 0.3) is 0 Å². The zero-order chi connectivity index (χ0) is 13.5. The molecule has 0 amide bonds. The minimum atomic E-state index is 0.662. The van der Waals surface area contributed by atoms with Crippen molar-refractivity contribution in [3.63, 3.8) is 0 Å². The molecule has 0 aliphatic rings. The fourth-order valence-electron chi connectivity index (χ4n) is 1.79. The van der Waals surface area contributed by atoms with Gasteiger partial charge in [0.2, 0.25) is 0 Å². The van der Waals surface area contributed by atoms with Crippen molar-refractivity contribution in [3.05, 3.63) is 36.4 Å². The number of nitrogens with one attached hydrogen (secondary N) is 2. The van der Waals surface area contributed by atoms with Crippen LogP contribution in [0.1, 0.15) is 19.2 Å². The molecule has 0 unspecified atom stereocenters. The fraction of sp³-hybridized carbons (Fsp3) is 0.357. The normalized spacial score (nSPS) is 10.4. The summed E-state index contributed by atoms with van der Waals surface area (Å²) in [5.41, 5.74) is 7.64. The molecule has 1 aromatic carbocycles. The summed E-state index contributed by atoms with van der Waals surface area (Å²) in [5.74, 6) is 1.70. The number of benzene rings is 1. The van der Waals surface area contributed by atoms with Gasteiger partial charge in [-0.25, -0.2) is 4.98 Å². The molecule has 2 aromatic rings. The summed E-state index contributed by atoms with van der Waals surface area (Å²) in [4.78, 5) is 7.25. The summed E-state index contributed by atoms with van der Waals surface area (Å²) in [6.07, 6.45) is 5.37. The van der Waals surface area contributed by atoms with E-state index in [1.807, 2.05) is 24.4 Å².